The van der Waals surface area contributed by atoms with Crippen molar-refractivity contribution in [1.82, 2.24) is 19.5 Å². The van der Waals surface area contributed by atoms with Gasteiger partial charge in [-0.25, -0.2) is 15.0 Å². The first-order valence-electron chi connectivity index (χ1n) is 19.8. The zero-order chi connectivity index (χ0) is 37.9. The van der Waals surface area contributed by atoms with Gasteiger partial charge in [0, 0.05) is 43.7 Å². The number of hydrogen-bond acceptors (Lipinski definition) is 3. The van der Waals surface area contributed by atoms with Gasteiger partial charge in [-0.15, -0.1) is 0 Å². The van der Waals surface area contributed by atoms with Gasteiger partial charge < -0.3 is 4.57 Å². The van der Waals surface area contributed by atoms with Crippen molar-refractivity contribution in [2.24, 2.45) is 0 Å². The smallest absolute Gasteiger partial charge is 0.164 e. The van der Waals surface area contributed by atoms with E-state index in [-0.39, 0.29) is 0 Å². The van der Waals surface area contributed by atoms with E-state index < -0.39 is 5.41 Å². The third-order valence-corrected chi connectivity index (χ3v) is 12.0. The van der Waals surface area contributed by atoms with E-state index in [9.17, 15) is 0 Å². The molecule has 0 fully saturated rings. The summed E-state index contributed by atoms with van der Waals surface area (Å²) in [5, 5.41) is 3.91. The molecule has 0 N–H and O–H groups in total. The van der Waals surface area contributed by atoms with E-state index in [1.807, 2.05) is 36.4 Å². The fourth-order valence-electron chi connectivity index (χ4n) is 9.19. The van der Waals surface area contributed by atoms with Crippen LogP contribution in [0.3, 0.4) is 0 Å². The van der Waals surface area contributed by atoms with Crippen LogP contribution in [-0.4, -0.2) is 19.5 Å². The predicted octanol–water partition coefficient (Wildman–Crippen LogP) is 11.2. The second-order valence-corrected chi connectivity index (χ2v) is 15.2. The highest BCUT2D eigenvalue weighted by Crippen LogP contribution is 2.55. The molecular weight excluding hydrogens is 693 g/mol. The Kier molecular flexibility index (Phi) is 7.71. The van der Waals surface area contributed by atoms with Crippen molar-refractivity contribution >= 4 is 23.1 Å². The molecule has 9 aromatic rings. The molecule has 0 bridgehead atoms. The Morgan fingerprint density at radius 3 is 1.77 bits per heavy atom. The number of hydrogen-bond donors (Lipinski definition) is 0. The summed E-state index contributed by atoms with van der Waals surface area (Å²) in [6.45, 7) is 2.38. The highest BCUT2D eigenvalue weighted by molar-refractivity contribution is 5.95. The van der Waals surface area contributed by atoms with Crippen LogP contribution in [0.1, 0.15) is 36.5 Å². The Bertz CT molecular complexity index is 3060. The monoisotopic (exact) mass is 730 g/mol. The van der Waals surface area contributed by atoms with Crippen molar-refractivity contribution in [3.05, 3.63) is 203 Å². The van der Waals surface area contributed by atoms with Gasteiger partial charge in [0.2, 0.25) is 0 Å². The first kappa shape index (κ1) is 33.2. The Balaban J connectivity index is 1.12. The van der Waals surface area contributed by atoms with E-state index in [0.29, 0.717) is 17.5 Å². The minimum Gasteiger partial charge on any atom is -0.310 e. The Labute approximate surface area is 331 Å². The number of nitrogens with zero attached hydrogens (tertiary/aromatic N) is 4. The summed E-state index contributed by atoms with van der Waals surface area (Å²) in [5.41, 5.74) is 13.5. The summed E-state index contributed by atoms with van der Waals surface area (Å²) < 4.78 is 2.42. The lowest BCUT2D eigenvalue weighted by Crippen LogP contribution is -2.30. The van der Waals surface area contributed by atoms with E-state index in [2.05, 4.69) is 163 Å². The normalized spacial score (nSPS) is 15.3. The molecule has 270 valence electrons. The van der Waals surface area contributed by atoms with E-state index in [4.69, 9.17) is 15.0 Å². The number of benzene rings is 7. The van der Waals surface area contributed by atoms with E-state index in [1.165, 1.54) is 66.1 Å². The van der Waals surface area contributed by atoms with Crippen LogP contribution in [0.15, 0.2) is 176 Å². The molecule has 0 saturated carbocycles. The van der Waals surface area contributed by atoms with E-state index >= 15 is 0 Å². The first-order chi connectivity index (χ1) is 28.1. The number of rotatable bonds is 6. The Morgan fingerprint density at radius 1 is 0.474 bits per heavy atom. The van der Waals surface area contributed by atoms with Crippen LogP contribution in [0.2, 0.25) is 0 Å². The molecule has 0 radical (unpaired) electrons. The van der Waals surface area contributed by atoms with Crippen LogP contribution >= 0.6 is 0 Å². The van der Waals surface area contributed by atoms with Crippen LogP contribution in [0.4, 0.5) is 0 Å². The van der Waals surface area contributed by atoms with Crippen molar-refractivity contribution < 1.29 is 0 Å². The number of aromatic nitrogens is 4. The highest BCUT2D eigenvalue weighted by atomic mass is 15.0. The molecule has 7 aromatic carbocycles. The molecule has 1 atom stereocenters. The summed E-state index contributed by atoms with van der Waals surface area (Å²) in [5.74, 6) is 1.98. The first-order valence-corrected chi connectivity index (χ1v) is 19.8. The van der Waals surface area contributed by atoms with Crippen molar-refractivity contribution in [2.75, 3.05) is 0 Å². The second kappa shape index (κ2) is 13.2. The van der Waals surface area contributed by atoms with E-state index in [1.54, 1.807) is 0 Å². The molecule has 57 heavy (non-hydrogen) atoms. The zero-order valence-corrected chi connectivity index (χ0v) is 31.6. The quantitative estimate of drug-likeness (QED) is 0.171. The molecule has 2 heterocycles. The fraction of sp³-hybridized carbons (Fsp3) is 0.0755. The second-order valence-electron chi connectivity index (χ2n) is 15.2. The van der Waals surface area contributed by atoms with Gasteiger partial charge in [0.05, 0.1) is 5.52 Å². The maximum Gasteiger partial charge on any atom is 0.164 e. The van der Waals surface area contributed by atoms with Crippen molar-refractivity contribution in [1.29, 1.82) is 0 Å². The van der Waals surface area contributed by atoms with Crippen LogP contribution in [-0.2, 0) is 5.41 Å². The van der Waals surface area contributed by atoms with Crippen LogP contribution < -0.4 is 10.6 Å². The van der Waals surface area contributed by atoms with Gasteiger partial charge in [-0.3, -0.25) is 0 Å². The van der Waals surface area contributed by atoms with Gasteiger partial charge in [0.1, 0.15) is 0 Å². The highest BCUT2D eigenvalue weighted by Gasteiger charge is 2.42. The molecule has 1 unspecified atom stereocenters. The van der Waals surface area contributed by atoms with Gasteiger partial charge in [0.15, 0.2) is 17.5 Å². The summed E-state index contributed by atoms with van der Waals surface area (Å²) in [7, 11) is 0. The zero-order valence-electron chi connectivity index (χ0n) is 31.6. The molecule has 0 aliphatic heterocycles. The summed E-state index contributed by atoms with van der Waals surface area (Å²) in [6.07, 6.45) is 6.93. The maximum absolute atomic E-state index is 5.19. The molecule has 0 amide bonds. The Morgan fingerprint density at radius 2 is 1.07 bits per heavy atom. The molecule has 4 heteroatoms. The van der Waals surface area contributed by atoms with Crippen molar-refractivity contribution in [2.45, 2.75) is 25.2 Å². The molecule has 4 nitrogen and oxygen atoms in total. The van der Waals surface area contributed by atoms with Crippen molar-refractivity contribution in [3.8, 4) is 62.1 Å². The molecule has 11 rings (SSSR count). The maximum atomic E-state index is 5.19. The fourth-order valence-corrected chi connectivity index (χ4v) is 9.19. The number of para-hydroxylation sites is 1. The molecule has 2 aliphatic carbocycles. The lowest BCUT2D eigenvalue weighted by atomic mass is 9.73. The largest absolute Gasteiger partial charge is 0.310 e. The topological polar surface area (TPSA) is 43.6 Å². The summed E-state index contributed by atoms with van der Waals surface area (Å²) >= 11 is 0. The SMILES string of the molecule is CC1(c2ccccc2)c2cc(-c3ccc4c(c3)c3c(n4-c4ccccc4)=CCCC=3)ccc2-c2c(-c3nc(-c4ccccc4)nc(-c4ccccc4)n3)cccc21. The average molecular weight is 731 g/mol. The lowest BCUT2D eigenvalue weighted by Gasteiger charge is -2.28. The third kappa shape index (κ3) is 5.32. The van der Waals surface area contributed by atoms with E-state index in [0.717, 1.165) is 29.5 Å². The predicted molar refractivity (Wildman–Crippen MR) is 233 cm³/mol. The molecule has 2 aliphatic rings. The van der Waals surface area contributed by atoms with Gasteiger partial charge in [-0.2, -0.15) is 0 Å². The molecule has 2 aromatic heterocycles. The van der Waals surface area contributed by atoms with Crippen LogP contribution in [0.5, 0.6) is 0 Å². The third-order valence-electron chi connectivity index (χ3n) is 12.0. The van der Waals surface area contributed by atoms with Crippen molar-refractivity contribution in [3.63, 3.8) is 0 Å². The summed E-state index contributed by atoms with van der Waals surface area (Å²) in [4.78, 5) is 15.4. The number of fused-ring (bicyclic) bond motifs is 6. The molecule has 0 spiro atoms. The summed E-state index contributed by atoms with van der Waals surface area (Å²) in [6, 6.07) is 62.8. The lowest BCUT2D eigenvalue weighted by molar-refractivity contribution is 0.714. The van der Waals surface area contributed by atoms with Gasteiger partial charge >= 0.3 is 0 Å². The van der Waals surface area contributed by atoms with Crippen LogP contribution in [0, 0.1) is 0 Å². The van der Waals surface area contributed by atoms with Gasteiger partial charge in [-0.05, 0) is 89.0 Å². The minimum atomic E-state index is -0.419. The van der Waals surface area contributed by atoms with Gasteiger partial charge in [-0.1, -0.05) is 158 Å². The average Bonchev–Trinajstić information content (AvgIpc) is 3.76. The standard InChI is InChI=1S/C53H38N4/c1-53(39-21-10-4-11-22-39)45-27-16-26-43(52-55-50(35-17-6-2-7-18-35)54-51(56-52)36-19-8-3-9-20-36)49(45)42-31-29-38(34-46(42)53)37-30-32-48-44(33-37)41-25-14-15-28-47(41)57(48)40-23-12-5-13-24-40/h2-13,16-34H,14-15H2,1H3. The molecule has 0 saturated heterocycles. The Hall–Kier alpha value is -7.17. The minimum absolute atomic E-state index is 0.419. The van der Waals surface area contributed by atoms with Gasteiger partial charge in [0.25, 0.3) is 0 Å². The molecular formula is C53H38N4. The van der Waals surface area contributed by atoms with Crippen LogP contribution in [0.25, 0.3) is 85.2 Å².